The molecule has 224 valence electrons. The van der Waals surface area contributed by atoms with E-state index >= 15 is 0 Å². The van der Waals surface area contributed by atoms with Gasteiger partial charge in [0.15, 0.2) is 5.82 Å². The van der Waals surface area contributed by atoms with Crippen LogP contribution in [0.1, 0.15) is 65.8 Å². The number of tetrazole rings is 1. The molecule has 1 saturated carbocycles. The predicted molar refractivity (Wildman–Crippen MR) is 156 cm³/mol. The summed E-state index contributed by atoms with van der Waals surface area (Å²) in [4.78, 5) is 40.2. The second-order valence-electron chi connectivity index (χ2n) is 12.1. The minimum Gasteiger partial charge on any atom is -0.355 e. The second kappa shape index (κ2) is 11.4. The Morgan fingerprint density at radius 1 is 1.16 bits per heavy atom. The van der Waals surface area contributed by atoms with Crippen LogP contribution in [-0.4, -0.2) is 82.0 Å². The van der Waals surface area contributed by atoms with Gasteiger partial charge in [-0.2, -0.15) is 5.26 Å². The van der Waals surface area contributed by atoms with Crippen molar-refractivity contribution in [1.82, 2.24) is 41.5 Å². The molecule has 0 bridgehead atoms. The summed E-state index contributed by atoms with van der Waals surface area (Å²) >= 11 is 0. The Morgan fingerprint density at radius 3 is 2.67 bits per heavy atom. The molecule has 0 radical (unpaired) electrons. The average Bonchev–Trinajstić information content (AvgIpc) is 3.38. The molecule has 12 nitrogen and oxygen atoms in total. The van der Waals surface area contributed by atoms with Crippen LogP contribution in [0.25, 0.3) is 0 Å². The van der Waals surface area contributed by atoms with Crippen LogP contribution >= 0.6 is 0 Å². The van der Waals surface area contributed by atoms with Gasteiger partial charge in [0.05, 0.1) is 18.0 Å². The maximum atomic E-state index is 13.2. The molecule has 43 heavy (non-hydrogen) atoms. The molecule has 2 fully saturated rings. The van der Waals surface area contributed by atoms with Gasteiger partial charge in [-0.25, -0.2) is 5.10 Å². The number of H-pyrrole nitrogens is 1. The lowest BCUT2D eigenvalue weighted by atomic mass is 9.60. The Balaban J connectivity index is 1.42. The molecular formula is C31H37N9O3. The molecular weight excluding hydrogens is 546 g/mol. The molecule has 4 atom stereocenters. The molecule has 1 aliphatic heterocycles. The number of nitrogens with one attached hydrogen (secondary N) is 4. The summed E-state index contributed by atoms with van der Waals surface area (Å²) in [5.41, 5.74) is 2.18. The van der Waals surface area contributed by atoms with E-state index in [4.69, 9.17) is 0 Å². The van der Waals surface area contributed by atoms with E-state index in [2.05, 4.69) is 54.8 Å². The number of hydrogen-bond acceptors (Lipinski definition) is 8. The van der Waals surface area contributed by atoms with Crippen molar-refractivity contribution in [3.05, 3.63) is 64.5 Å². The third kappa shape index (κ3) is 5.12. The standard InChI is InChI=1S/C31H37N9O3/c1-33-27(42)21-7-9-24-19(14-21)5-6-20-15-22(28(43)34-2)8-10-25(20)31(24,29-36-38-39-37-29)18-30(11-12-30)35-17-26(41)40-13-3-4-23(40)16-32/h7-10,14-15,19,23-24,35H,3-6,11-13,17-18H2,1-2H3,(H,33,42)(H,34,43)(H,36,37,38,39). The molecule has 6 rings (SSSR count). The number of rotatable bonds is 8. The monoisotopic (exact) mass is 583 g/mol. The molecule has 3 amide bonds. The number of allylic oxidation sites excluding steroid dienone is 2. The molecule has 4 unspecified atom stereocenters. The Morgan fingerprint density at radius 2 is 1.98 bits per heavy atom. The van der Waals surface area contributed by atoms with Gasteiger partial charge >= 0.3 is 0 Å². The molecule has 1 aromatic heterocycles. The fourth-order valence-electron chi connectivity index (χ4n) is 7.45. The highest BCUT2D eigenvalue weighted by atomic mass is 16.2. The molecule has 2 aromatic rings. The van der Waals surface area contributed by atoms with E-state index < -0.39 is 5.41 Å². The van der Waals surface area contributed by atoms with E-state index in [1.54, 1.807) is 19.0 Å². The van der Waals surface area contributed by atoms with Crippen molar-refractivity contribution in [2.24, 2.45) is 11.8 Å². The van der Waals surface area contributed by atoms with Gasteiger partial charge in [0.25, 0.3) is 11.8 Å². The molecule has 1 aromatic carbocycles. The van der Waals surface area contributed by atoms with Crippen LogP contribution in [0.3, 0.4) is 0 Å². The number of aromatic amines is 1. The van der Waals surface area contributed by atoms with Crippen molar-refractivity contribution >= 4 is 17.7 Å². The number of fused-ring (bicyclic) bond motifs is 2. The third-order valence-corrected chi connectivity index (χ3v) is 9.79. The summed E-state index contributed by atoms with van der Waals surface area (Å²) in [6, 6.07) is 7.73. The fourth-order valence-corrected chi connectivity index (χ4v) is 7.45. The Hall–Kier alpha value is -4.37. The molecule has 4 aliphatic rings. The van der Waals surface area contributed by atoms with Gasteiger partial charge < -0.3 is 20.9 Å². The Bertz CT molecular complexity index is 1520. The second-order valence-corrected chi connectivity index (χ2v) is 12.1. The van der Waals surface area contributed by atoms with Crippen LogP contribution in [0.15, 0.2) is 42.0 Å². The predicted octanol–water partition coefficient (Wildman–Crippen LogP) is 1.29. The zero-order chi connectivity index (χ0) is 30.2. The van der Waals surface area contributed by atoms with E-state index in [0.29, 0.717) is 42.8 Å². The lowest BCUT2D eigenvalue weighted by molar-refractivity contribution is -0.130. The van der Waals surface area contributed by atoms with Crippen molar-refractivity contribution in [3.8, 4) is 6.07 Å². The van der Waals surface area contributed by atoms with E-state index in [0.717, 1.165) is 36.8 Å². The summed E-state index contributed by atoms with van der Waals surface area (Å²) in [5, 5.41) is 34.1. The SMILES string of the molecule is CNC(=O)C1=CC2CCc3cc(C(=O)NC)ccc3C(CC3(NCC(=O)N4CCCC4C#N)CC3)(c3nnn[nH]3)C2C=C1. The topological polar surface area (TPSA) is 169 Å². The van der Waals surface area contributed by atoms with Crippen molar-refractivity contribution in [1.29, 1.82) is 5.26 Å². The number of carbonyl (C=O) groups excluding carboxylic acids is 3. The van der Waals surface area contributed by atoms with Gasteiger partial charge in [-0.3, -0.25) is 14.4 Å². The van der Waals surface area contributed by atoms with Crippen LogP contribution < -0.4 is 16.0 Å². The van der Waals surface area contributed by atoms with Crippen molar-refractivity contribution < 1.29 is 14.4 Å². The summed E-state index contributed by atoms with van der Waals surface area (Å²) in [7, 11) is 3.25. The van der Waals surface area contributed by atoms with Crippen LogP contribution in [0.2, 0.25) is 0 Å². The molecule has 2 heterocycles. The summed E-state index contributed by atoms with van der Waals surface area (Å²) < 4.78 is 0. The highest BCUT2D eigenvalue weighted by molar-refractivity contribution is 5.96. The first-order valence-electron chi connectivity index (χ1n) is 15.0. The number of aryl methyl sites for hydroxylation is 1. The zero-order valence-corrected chi connectivity index (χ0v) is 24.5. The molecule has 12 heteroatoms. The smallest absolute Gasteiger partial charge is 0.251 e. The maximum Gasteiger partial charge on any atom is 0.251 e. The van der Waals surface area contributed by atoms with Crippen LogP contribution in [0, 0.1) is 23.2 Å². The molecule has 3 aliphatic carbocycles. The van der Waals surface area contributed by atoms with Gasteiger partial charge in [0, 0.05) is 43.2 Å². The van der Waals surface area contributed by atoms with Gasteiger partial charge in [-0.1, -0.05) is 24.3 Å². The number of carbonyl (C=O) groups is 3. The minimum atomic E-state index is -0.738. The number of benzene rings is 1. The lowest BCUT2D eigenvalue weighted by Crippen LogP contribution is -2.50. The largest absolute Gasteiger partial charge is 0.355 e. The first-order chi connectivity index (χ1) is 20.8. The van der Waals surface area contributed by atoms with Crippen LogP contribution in [-0.2, 0) is 21.4 Å². The molecule has 4 N–H and O–H groups in total. The number of likely N-dealkylation sites (tertiary alicyclic amines) is 1. The summed E-state index contributed by atoms with van der Waals surface area (Å²) in [5.74, 6) is 0.159. The van der Waals surface area contributed by atoms with Crippen molar-refractivity contribution in [2.75, 3.05) is 27.2 Å². The number of hydrogen-bond donors (Lipinski definition) is 4. The van der Waals surface area contributed by atoms with E-state index in [-0.39, 0.29) is 47.7 Å². The molecule has 0 spiro atoms. The first-order valence-corrected chi connectivity index (χ1v) is 15.0. The summed E-state index contributed by atoms with van der Waals surface area (Å²) in [6.07, 6.45) is 11.4. The highest BCUT2D eigenvalue weighted by Gasteiger charge is 2.57. The number of amides is 3. The average molecular weight is 584 g/mol. The van der Waals surface area contributed by atoms with Gasteiger partial charge in [-0.05, 0) is 84.6 Å². The maximum absolute atomic E-state index is 13.2. The quantitative estimate of drug-likeness (QED) is 0.360. The van der Waals surface area contributed by atoms with E-state index in [1.807, 2.05) is 24.3 Å². The molecule has 1 saturated heterocycles. The lowest BCUT2D eigenvalue weighted by Gasteiger charge is -2.44. The number of nitrogens with zero attached hydrogens (tertiary/aromatic N) is 5. The number of likely N-dealkylation sites (N-methyl/N-ethyl adjacent to an activating group) is 1. The third-order valence-electron chi connectivity index (χ3n) is 9.79. The van der Waals surface area contributed by atoms with Crippen LogP contribution in [0.5, 0.6) is 0 Å². The van der Waals surface area contributed by atoms with Crippen molar-refractivity contribution in [2.45, 2.75) is 61.9 Å². The van der Waals surface area contributed by atoms with E-state index in [9.17, 15) is 19.6 Å². The Kier molecular flexibility index (Phi) is 7.60. The first kappa shape index (κ1) is 28.7. The number of aromatic nitrogens is 4. The zero-order valence-electron chi connectivity index (χ0n) is 24.5. The number of nitriles is 1. The fraction of sp³-hybridized carbons (Fsp3) is 0.516. The van der Waals surface area contributed by atoms with Gasteiger partial charge in [0.2, 0.25) is 5.91 Å². The van der Waals surface area contributed by atoms with Gasteiger partial charge in [0.1, 0.15) is 6.04 Å². The minimum absolute atomic E-state index is 0.00308. The van der Waals surface area contributed by atoms with Crippen LogP contribution in [0.4, 0.5) is 0 Å². The Labute approximate surface area is 250 Å². The summed E-state index contributed by atoms with van der Waals surface area (Å²) in [6.45, 7) is 0.755. The highest BCUT2D eigenvalue weighted by Crippen LogP contribution is 2.56. The van der Waals surface area contributed by atoms with Crippen molar-refractivity contribution in [3.63, 3.8) is 0 Å². The normalized spacial score (nSPS) is 26.8. The van der Waals surface area contributed by atoms with E-state index in [1.165, 1.54) is 0 Å². The van der Waals surface area contributed by atoms with Gasteiger partial charge in [-0.15, -0.1) is 5.10 Å².